The van der Waals surface area contributed by atoms with E-state index in [1.54, 1.807) is 0 Å². The lowest BCUT2D eigenvalue weighted by Crippen LogP contribution is -2.46. The number of nitriles is 1. The molecule has 1 aromatic carbocycles. The molecule has 1 fully saturated rings. The van der Waals surface area contributed by atoms with Crippen molar-refractivity contribution in [3.05, 3.63) is 23.8 Å². The maximum absolute atomic E-state index is 12.3. The quantitative estimate of drug-likeness (QED) is 0.791. The number of sulfonamides is 1. The van der Waals surface area contributed by atoms with Gasteiger partial charge in [-0.3, -0.25) is 0 Å². The summed E-state index contributed by atoms with van der Waals surface area (Å²) in [6, 6.07) is 6.04. The topological polar surface area (TPSA) is 99.2 Å². The summed E-state index contributed by atoms with van der Waals surface area (Å²) in [4.78, 5) is 2.13. The van der Waals surface area contributed by atoms with Gasteiger partial charge in [0.1, 0.15) is 4.90 Å². The van der Waals surface area contributed by atoms with Gasteiger partial charge < -0.3 is 10.6 Å². The molecule has 7 heteroatoms. The molecule has 0 aromatic heterocycles. The van der Waals surface area contributed by atoms with Crippen molar-refractivity contribution in [3.8, 4) is 6.07 Å². The Labute approximate surface area is 119 Å². The van der Waals surface area contributed by atoms with Crippen LogP contribution in [-0.2, 0) is 10.0 Å². The van der Waals surface area contributed by atoms with Crippen LogP contribution in [0.5, 0.6) is 0 Å². The summed E-state index contributed by atoms with van der Waals surface area (Å²) >= 11 is 0. The predicted octanol–water partition coefficient (Wildman–Crippen LogP) is 0.513. The van der Waals surface area contributed by atoms with Gasteiger partial charge in [0, 0.05) is 12.6 Å². The smallest absolute Gasteiger partial charge is 0.242 e. The molecule has 20 heavy (non-hydrogen) atoms. The Morgan fingerprint density at radius 1 is 1.50 bits per heavy atom. The highest BCUT2D eigenvalue weighted by Crippen LogP contribution is 2.21. The van der Waals surface area contributed by atoms with E-state index in [-0.39, 0.29) is 16.6 Å². The fraction of sp³-hybridized carbons (Fsp3) is 0.462. The number of likely N-dealkylation sites (tertiary alicyclic amines) is 1. The standard InChI is InChI=1S/C13H18N4O2S/c1-17-6-2-3-11(9-17)16-20(18,19)13-5-4-10(8-14)7-12(13)15/h4-5,7,11,16H,2-3,6,9,15H2,1H3. The van der Waals surface area contributed by atoms with Crippen LogP contribution in [0.15, 0.2) is 23.1 Å². The first-order valence-corrected chi connectivity index (χ1v) is 7.91. The molecule has 1 aliphatic heterocycles. The van der Waals surface area contributed by atoms with Gasteiger partial charge in [0.15, 0.2) is 0 Å². The SMILES string of the molecule is CN1CCCC(NS(=O)(=O)c2ccc(C#N)cc2N)C1. The first-order valence-electron chi connectivity index (χ1n) is 6.43. The van der Waals surface area contributed by atoms with Gasteiger partial charge in [0.25, 0.3) is 0 Å². The van der Waals surface area contributed by atoms with Crippen LogP contribution in [0.25, 0.3) is 0 Å². The first kappa shape index (κ1) is 14.8. The van der Waals surface area contributed by atoms with Crippen molar-refractivity contribution >= 4 is 15.7 Å². The van der Waals surface area contributed by atoms with Crippen LogP contribution < -0.4 is 10.5 Å². The van der Waals surface area contributed by atoms with Crippen LogP contribution in [-0.4, -0.2) is 39.5 Å². The number of likely N-dealkylation sites (N-methyl/N-ethyl adjacent to an activating group) is 1. The highest BCUT2D eigenvalue weighted by Gasteiger charge is 2.25. The van der Waals surface area contributed by atoms with Crippen LogP contribution >= 0.6 is 0 Å². The van der Waals surface area contributed by atoms with Crippen LogP contribution in [0, 0.1) is 11.3 Å². The lowest BCUT2D eigenvalue weighted by molar-refractivity contribution is 0.242. The third-order valence-corrected chi connectivity index (χ3v) is 4.97. The lowest BCUT2D eigenvalue weighted by Gasteiger charge is -2.30. The van der Waals surface area contributed by atoms with Crippen molar-refractivity contribution in [2.45, 2.75) is 23.8 Å². The predicted molar refractivity (Wildman–Crippen MR) is 76.4 cm³/mol. The first-order chi connectivity index (χ1) is 9.42. The Balaban J connectivity index is 2.20. The van der Waals surface area contributed by atoms with Crippen LogP contribution in [0.4, 0.5) is 5.69 Å². The summed E-state index contributed by atoms with van der Waals surface area (Å²) in [5.41, 5.74) is 6.18. The molecule has 1 unspecified atom stereocenters. The Morgan fingerprint density at radius 3 is 2.85 bits per heavy atom. The summed E-state index contributed by atoms with van der Waals surface area (Å²) in [6.07, 6.45) is 1.78. The summed E-state index contributed by atoms with van der Waals surface area (Å²) in [5, 5.41) is 8.77. The zero-order valence-corrected chi connectivity index (χ0v) is 12.2. The highest BCUT2D eigenvalue weighted by molar-refractivity contribution is 7.89. The molecule has 1 saturated heterocycles. The van der Waals surface area contributed by atoms with E-state index in [9.17, 15) is 8.42 Å². The van der Waals surface area contributed by atoms with Gasteiger partial charge >= 0.3 is 0 Å². The second-order valence-corrected chi connectivity index (χ2v) is 6.77. The van der Waals surface area contributed by atoms with Crippen LogP contribution in [0.3, 0.4) is 0 Å². The molecule has 1 aliphatic rings. The van der Waals surface area contributed by atoms with Crippen molar-refractivity contribution in [3.63, 3.8) is 0 Å². The van der Waals surface area contributed by atoms with E-state index >= 15 is 0 Å². The second kappa shape index (κ2) is 5.79. The number of nitrogens with two attached hydrogens (primary N) is 1. The molecule has 6 nitrogen and oxygen atoms in total. The largest absolute Gasteiger partial charge is 0.398 e. The number of anilines is 1. The average molecular weight is 294 g/mol. The molecule has 0 bridgehead atoms. The van der Waals surface area contributed by atoms with E-state index in [2.05, 4.69) is 9.62 Å². The van der Waals surface area contributed by atoms with E-state index in [1.807, 2.05) is 13.1 Å². The number of nitrogens with one attached hydrogen (secondary N) is 1. The number of nitrogen functional groups attached to an aromatic ring is 1. The van der Waals surface area contributed by atoms with Gasteiger partial charge in [-0.05, 0) is 44.6 Å². The van der Waals surface area contributed by atoms with Crippen molar-refractivity contribution < 1.29 is 8.42 Å². The molecule has 3 N–H and O–H groups in total. The van der Waals surface area contributed by atoms with E-state index in [0.717, 1.165) is 19.4 Å². The zero-order chi connectivity index (χ0) is 14.8. The summed E-state index contributed by atoms with van der Waals surface area (Å²) in [7, 11) is -1.68. The minimum Gasteiger partial charge on any atom is -0.398 e. The van der Waals surface area contributed by atoms with Crippen molar-refractivity contribution in [1.82, 2.24) is 9.62 Å². The molecular weight excluding hydrogens is 276 g/mol. The fourth-order valence-corrected chi connectivity index (χ4v) is 3.78. The Morgan fingerprint density at radius 2 is 2.25 bits per heavy atom. The second-order valence-electron chi connectivity index (χ2n) is 5.09. The van der Waals surface area contributed by atoms with Crippen LogP contribution in [0.1, 0.15) is 18.4 Å². The molecule has 108 valence electrons. The summed E-state index contributed by atoms with van der Waals surface area (Å²) < 4.78 is 27.4. The fourth-order valence-electron chi connectivity index (χ4n) is 2.41. The van der Waals surface area contributed by atoms with Gasteiger partial charge in [-0.1, -0.05) is 0 Å². The monoisotopic (exact) mass is 294 g/mol. The highest BCUT2D eigenvalue weighted by atomic mass is 32.2. The number of hydrogen-bond donors (Lipinski definition) is 2. The van der Waals surface area contributed by atoms with E-state index in [0.29, 0.717) is 12.1 Å². The molecule has 0 aliphatic carbocycles. The molecule has 1 aromatic rings. The Kier molecular flexibility index (Phi) is 4.28. The van der Waals surface area contributed by atoms with E-state index in [4.69, 9.17) is 11.0 Å². The Bertz CT molecular complexity index is 636. The number of nitrogens with zero attached hydrogens (tertiary/aromatic N) is 2. The molecule has 0 amide bonds. The number of hydrogen-bond acceptors (Lipinski definition) is 5. The molecule has 1 heterocycles. The molecular formula is C13H18N4O2S. The van der Waals surface area contributed by atoms with Crippen molar-refractivity contribution in [1.29, 1.82) is 5.26 Å². The Hall–Kier alpha value is -1.62. The maximum atomic E-state index is 12.3. The minimum atomic E-state index is -3.65. The van der Waals surface area contributed by atoms with Gasteiger partial charge in [-0.25, -0.2) is 13.1 Å². The normalized spacial score (nSPS) is 20.5. The average Bonchev–Trinajstić information content (AvgIpc) is 2.37. The van der Waals surface area contributed by atoms with Crippen molar-refractivity contribution in [2.75, 3.05) is 25.9 Å². The molecule has 0 spiro atoms. The van der Waals surface area contributed by atoms with E-state index < -0.39 is 10.0 Å². The number of rotatable bonds is 3. The summed E-state index contributed by atoms with van der Waals surface area (Å²) in [6.45, 7) is 1.67. The van der Waals surface area contributed by atoms with Gasteiger partial charge in [0.2, 0.25) is 10.0 Å². The third kappa shape index (κ3) is 3.28. The zero-order valence-electron chi connectivity index (χ0n) is 11.3. The lowest BCUT2D eigenvalue weighted by atomic mass is 10.1. The number of piperidine rings is 1. The molecule has 2 rings (SSSR count). The van der Waals surface area contributed by atoms with Gasteiger partial charge in [0.05, 0.1) is 17.3 Å². The third-order valence-electron chi connectivity index (χ3n) is 3.37. The van der Waals surface area contributed by atoms with Gasteiger partial charge in [-0.2, -0.15) is 5.26 Å². The maximum Gasteiger partial charge on any atom is 0.242 e. The minimum absolute atomic E-state index is 0.0322. The van der Waals surface area contributed by atoms with Crippen LogP contribution in [0.2, 0.25) is 0 Å². The van der Waals surface area contributed by atoms with Crippen molar-refractivity contribution in [2.24, 2.45) is 0 Å². The van der Waals surface area contributed by atoms with E-state index in [1.165, 1.54) is 18.2 Å². The van der Waals surface area contributed by atoms with Gasteiger partial charge in [-0.15, -0.1) is 0 Å². The molecule has 0 radical (unpaired) electrons. The molecule has 0 saturated carbocycles. The summed E-state index contributed by atoms with van der Waals surface area (Å²) in [5.74, 6) is 0. The molecule has 1 atom stereocenters. The number of benzene rings is 1.